The molecule has 5 heteroatoms. The van der Waals surface area contributed by atoms with Crippen molar-refractivity contribution in [2.45, 2.75) is 0 Å². The lowest BCUT2D eigenvalue weighted by atomic mass is 11.3. The summed E-state index contributed by atoms with van der Waals surface area (Å²) >= 11 is 0. The second kappa shape index (κ2) is 2.25. The van der Waals surface area contributed by atoms with Crippen LogP contribution in [0.25, 0.3) is 0 Å². The first-order chi connectivity index (χ1) is 3.06. The lowest BCUT2D eigenvalue weighted by Crippen LogP contribution is -2.17. The fraction of sp³-hybridized carbons (Fsp3) is 1.00. The average molecular weight is 124 g/mol. The van der Waals surface area contributed by atoms with Crippen molar-refractivity contribution in [3.8, 4) is 0 Å². The molecule has 44 valence electrons. The van der Waals surface area contributed by atoms with Crippen LogP contribution >= 0.6 is 0 Å². The van der Waals surface area contributed by atoms with Crippen LogP contribution < -0.4 is 5.32 Å². The lowest BCUT2D eigenvalue weighted by molar-refractivity contribution is 0.459. The molecule has 0 aliphatic heterocycles. The molecule has 0 amide bonds. The third-order valence-electron chi connectivity index (χ3n) is 0.321. The normalized spacial score (nSPS) is 11.7. The Morgan fingerprint density at radius 2 is 2.14 bits per heavy atom. The summed E-state index contributed by atoms with van der Waals surface area (Å²) in [5.74, 6) is -0.493. The van der Waals surface area contributed by atoms with E-state index in [1.54, 1.807) is 0 Å². The fourth-order valence-electron chi connectivity index (χ4n) is 0.177. The summed E-state index contributed by atoms with van der Waals surface area (Å²) in [7, 11) is -2.64. The molecule has 0 aromatic heterocycles. The number of rotatable bonds is 2. The van der Waals surface area contributed by atoms with Gasteiger partial charge in [0.25, 0.3) is 0 Å². The molecule has 1 N–H and O–H groups in total. The summed E-state index contributed by atoms with van der Waals surface area (Å²) in [6, 6.07) is 0. The van der Waals surface area contributed by atoms with Crippen LogP contribution in [0.1, 0.15) is 0 Å². The first-order valence-electron chi connectivity index (χ1n) is 1.64. The highest BCUT2D eigenvalue weighted by Gasteiger charge is 1.85. The molecular formula is C2H6NO3S-. The van der Waals surface area contributed by atoms with E-state index < -0.39 is 16.0 Å². The SMILES string of the molecule is CNCS(=O)(=O)[O-]. The molecule has 0 aromatic rings. The van der Waals surface area contributed by atoms with Crippen molar-refractivity contribution in [1.29, 1.82) is 0 Å². The van der Waals surface area contributed by atoms with E-state index in [9.17, 15) is 13.0 Å². The Morgan fingerprint density at radius 3 is 2.14 bits per heavy atom. The minimum absolute atomic E-state index is 0.493. The van der Waals surface area contributed by atoms with Gasteiger partial charge in [0.1, 0.15) is 10.1 Å². The first kappa shape index (κ1) is 6.87. The number of hydrogen-bond donors (Lipinski definition) is 1. The van der Waals surface area contributed by atoms with Gasteiger partial charge in [-0.1, -0.05) is 0 Å². The highest BCUT2D eigenvalue weighted by molar-refractivity contribution is 7.85. The molecule has 4 nitrogen and oxygen atoms in total. The molecule has 0 heterocycles. The summed E-state index contributed by atoms with van der Waals surface area (Å²) in [5, 5.41) is 2.21. The minimum atomic E-state index is -4.04. The summed E-state index contributed by atoms with van der Waals surface area (Å²) in [6.45, 7) is 0. The van der Waals surface area contributed by atoms with Crippen LogP contribution in [0.3, 0.4) is 0 Å². The first-order valence-corrected chi connectivity index (χ1v) is 3.22. The Morgan fingerprint density at radius 1 is 1.71 bits per heavy atom. The lowest BCUT2D eigenvalue weighted by Gasteiger charge is -2.02. The Labute approximate surface area is 42.3 Å². The molecule has 0 aromatic carbocycles. The Hall–Kier alpha value is -0.130. The molecule has 0 rings (SSSR count). The second-order valence-electron chi connectivity index (χ2n) is 1.06. The Bertz CT molecular complexity index is 126. The Kier molecular flexibility index (Phi) is 2.21. The third kappa shape index (κ3) is 5.87. The maximum absolute atomic E-state index is 9.61. The standard InChI is InChI=1S/C2H7NO3S/c1-3-2-7(4,5)6/h3H,2H2,1H3,(H,4,5,6)/p-1. The molecule has 0 aliphatic rings. The van der Waals surface area contributed by atoms with E-state index in [1.165, 1.54) is 7.05 Å². The van der Waals surface area contributed by atoms with Gasteiger partial charge in [-0.3, -0.25) is 0 Å². The molecule has 0 saturated carbocycles. The quantitative estimate of drug-likeness (QED) is 0.465. The Balaban J connectivity index is 3.60. The molecular weight excluding hydrogens is 118 g/mol. The van der Waals surface area contributed by atoms with Crippen molar-refractivity contribution in [3.05, 3.63) is 0 Å². The average Bonchev–Trinajstić information content (AvgIpc) is 1.30. The van der Waals surface area contributed by atoms with Gasteiger partial charge in [-0.05, 0) is 7.05 Å². The molecule has 0 radical (unpaired) electrons. The highest BCUT2D eigenvalue weighted by Crippen LogP contribution is 1.71. The van der Waals surface area contributed by atoms with Crippen LogP contribution in [-0.4, -0.2) is 25.9 Å². The van der Waals surface area contributed by atoms with Crippen molar-refractivity contribution in [2.75, 3.05) is 12.9 Å². The zero-order valence-electron chi connectivity index (χ0n) is 3.84. The van der Waals surface area contributed by atoms with E-state index in [1.807, 2.05) is 0 Å². The molecule has 0 spiro atoms. The van der Waals surface area contributed by atoms with Crippen LogP contribution in [0.15, 0.2) is 0 Å². The minimum Gasteiger partial charge on any atom is -0.747 e. The maximum atomic E-state index is 9.61. The van der Waals surface area contributed by atoms with Gasteiger partial charge < -0.3 is 9.87 Å². The number of nitrogens with one attached hydrogen (secondary N) is 1. The van der Waals surface area contributed by atoms with Crippen LogP contribution in [0, 0.1) is 0 Å². The zero-order chi connectivity index (χ0) is 5.91. The summed E-state index contributed by atoms with van der Waals surface area (Å²) < 4.78 is 28.8. The van der Waals surface area contributed by atoms with E-state index in [2.05, 4.69) is 5.32 Å². The van der Waals surface area contributed by atoms with E-state index >= 15 is 0 Å². The van der Waals surface area contributed by atoms with Crippen molar-refractivity contribution in [2.24, 2.45) is 0 Å². The van der Waals surface area contributed by atoms with Gasteiger partial charge in [0, 0.05) is 0 Å². The largest absolute Gasteiger partial charge is 0.747 e. The molecule has 7 heavy (non-hydrogen) atoms. The molecule has 0 aliphatic carbocycles. The van der Waals surface area contributed by atoms with Crippen molar-refractivity contribution in [3.63, 3.8) is 0 Å². The highest BCUT2D eigenvalue weighted by atomic mass is 32.2. The van der Waals surface area contributed by atoms with E-state index in [0.717, 1.165) is 0 Å². The van der Waals surface area contributed by atoms with Crippen LogP contribution in [-0.2, 0) is 10.1 Å². The van der Waals surface area contributed by atoms with Gasteiger partial charge in [0.05, 0.1) is 5.88 Å². The summed E-state index contributed by atoms with van der Waals surface area (Å²) in [5.41, 5.74) is 0. The van der Waals surface area contributed by atoms with E-state index in [4.69, 9.17) is 0 Å². The summed E-state index contributed by atoms with van der Waals surface area (Å²) in [6.07, 6.45) is 0. The fourth-order valence-corrected chi connectivity index (χ4v) is 0.530. The van der Waals surface area contributed by atoms with Gasteiger partial charge in [-0.2, -0.15) is 0 Å². The number of hydrogen-bond acceptors (Lipinski definition) is 4. The topological polar surface area (TPSA) is 69.2 Å². The molecule has 0 unspecified atom stereocenters. The predicted molar refractivity (Wildman–Crippen MR) is 23.6 cm³/mol. The van der Waals surface area contributed by atoms with Crippen molar-refractivity contribution < 1.29 is 13.0 Å². The second-order valence-corrected chi connectivity index (χ2v) is 2.46. The zero-order valence-corrected chi connectivity index (χ0v) is 4.66. The molecule has 0 atom stereocenters. The maximum Gasteiger partial charge on any atom is 0.108 e. The van der Waals surface area contributed by atoms with Crippen LogP contribution in [0.4, 0.5) is 0 Å². The monoisotopic (exact) mass is 124 g/mol. The van der Waals surface area contributed by atoms with Gasteiger partial charge in [0.15, 0.2) is 0 Å². The van der Waals surface area contributed by atoms with Crippen LogP contribution in [0.2, 0.25) is 0 Å². The summed E-state index contributed by atoms with van der Waals surface area (Å²) in [4.78, 5) is 0. The van der Waals surface area contributed by atoms with E-state index in [0.29, 0.717) is 0 Å². The van der Waals surface area contributed by atoms with Gasteiger partial charge in [-0.25, -0.2) is 8.42 Å². The smallest absolute Gasteiger partial charge is 0.108 e. The van der Waals surface area contributed by atoms with Crippen molar-refractivity contribution >= 4 is 10.1 Å². The van der Waals surface area contributed by atoms with Gasteiger partial charge in [0.2, 0.25) is 0 Å². The van der Waals surface area contributed by atoms with E-state index in [-0.39, 0.29) is 0 Å². The van der Waals surface area contributed by atoms with Crippen molar-refractivity contribution in [1.82, 2.24) is 5.32 Å². The van der Waals surface area contributed by atoms with Gasteiger partial charge >= 0.3 is 0 Å². The molecule has 0 fully saturated rings. The van der Waals surface area contributed by atoms with Gasteiger partial charge in [-0.15, -0.1) is 0 Å². The molecule has 0 saturated heterocycles. The van der Waals surface area contributed by atoms with Crippen LogP contribution in [0.5, 0.6) is 0 Å². The predicted octanol–water partition coefficient (Wildman–Crippen LogP) is -1.29. The molecule has 0 bridgehead atoms. The third-order valence-corrected chi connectivity index (χ3v) is 0.963.